The van der Waals surface area contributed by atoms with E-state index in [-0.39, 0.29) is 22.0 Å². The summed E-state index contributed by atoms with van der Waals surface area (Å²) in [4.78, 5) is 11.1. The zero-order valence-corrected chi connectivity index (χ0v) is 16.2. The summed E-state index contributed by atoms with van der Waals surface area (Å²) in [5.41, 5.74) is 1.31. The first-order valence-corrected chi connectivity index (χ1v) is 10.3. The van der Waals surface area contributed by atoms with Gasteiger partial charge in [0.1, 0.15) is 0 Å². The smallest absolute Gasteiger partial charge is 0.335 e. The van der Waals surface area contributed by atoms with Crippen molar-refractivity contribution in [1.29, 1.82) is 0 Å². The first-order chi connectivity index (χ1) is 14.4. The molecule has 2 N–H and O–H groups in total. The molecule has 1 heterocycles. The van der Waals surface area contributed by atoms with E-state index in [1.165, 1.54) is 36.4 Å². The summed E-state index contributed by atoms with van der Waals surface area (Å²) in [5.74, 6) is -0.648. The first-order valence-electron chi connectivity index (χ1n) is 8.78. The van der Waals surface area contributed by atoms with Gasteiger partial charge in [-0.25, -0.2) is 13.2 Å². The van der Waals surface area contributed by atoms with Crippen LogP contribution < -0.4 is 4.72 Å². The van der Waals surface area contributed by atoms with Crippen LogP contribution in [0, 0.1) is 0 Å². The number of carboxylic acids is 1. The fourth-order valence-electron chi connectivity index (χ4n) is 2.76. The second kappa shape index (κ2) is 7.80. The molecule has 0 radical (unpaired) electrons. The molecule has 8 nitrogen and oxygen atoms in total. The Morgan fingerprint density at radius 1 is 0.833 bits per heavy atom. The number of hydrogen-bond donors (Lipinski definition) is 2. The van der Waals surface area contributed by atoms with Crippen LogP contribution in [0.15, 0.2) is 88.2 Å². The molecule has 0 atom stereocenters. The van der Waals surface area contributed by atoms with Crippen molar-refractivity contribution >= 4 is 21.7 Å². The third kappa shape index (κ3) is 4.06. The highest BCUT2D eigenvalue weighted by molar-refractivity contribution is 7.92. The van der Waals surface area contributed by atoms with Gasteiger partial charge in [0.15, 0.2) is 0 Å². The molecule has 0 fully saturated rings. The zero-order valence-electron chi connectivity index (χ0n) is 15.4. The number of hydrogen-bond acceptors (Lipinski definition) is 6. The van der Waals surface area contributed by atoms with Crippen LogP contribution in [0.25, 0.3) is 22.9 Å². The normalized spacial score (nSPS) is 11.2. The molecule has 1 aromatic heterocycles. The molecular weight excluding hydrogens is 406 g/mol. The fraction of sp³-hybridized carbons (Fsp3) is 0. The number of aromatic nitrogens is 2. The number of carbonyl (C=O) groups is 1. The Morgan fingerprint density at radius 2 is 1.50 bits per heavy atom. The van der Waals surface area contributed by atoms with Gasteiger partial charge >= 0.3 is 5.97 Å². The summed E-state index contributed by atoms with van der Waals surface area (Å²) in [7, 11) is -3.96. The third-order valence-electron chi connectivity index (χ3n) is 4.20. The molecule has 0 aliphatic carbocycles. The van der Waals surface area contributed by atoms with Crippen LogP contribution in [0.4, 0.5) is 5.69 Å². The number of carboxylic acid groups (broad SMARTS) is 1. The lowest BCUT2D eigenvalue weighted by molar-refractivity contribution is 0.0697. The Labute approximate surface area is 171 Å². The van der Waals surface area contributed by atoms with Gasteiger partial charge in [-0.1, -0.05) is 30.3 Å². The molecule has 0 saturated heterocycles. The fourth-order valence-corrected chi connectivity index (χ4v) is 3.86. The second-order valence-electron chi connectivity index (χ2n) is 6.30. The second-order valence-corrected chi connectivity index (χ2v) is 7.98. The highest BCUT2D eigenvalue weighted by Crippen LogP contribution is 2.26. The van der Waals surface area contributed by atoms with E-state index >= 15 is 0 Å². The molecular formula is C21H15N3O5S. The monoisotopic (exact) mass is 421 g/mol. The van der Waals surface area contributed by atoms with Crippen LogP contribution in [-0.2, 0) is 10.0 Å². The predicted molar refractivity (Wildman–Crippen MR) is 109 cm³/mol. The van der Waals surface area contributed by atoms with Crippen LogP contribution >= 0.6 is 0 Å². The molecule has 0 bridgehead atoms. The minimum Gasteiger partial charge on any atom is -0.478 e. The van der Waals surface area contributed by atoms with E-state index in [1.807, 2.05) is 30.3 Å². The van der Waals surface area contributed by atoms with E-state index in [0.29, 0.717) is 11.5 Å². The van der Waals surface area contributed by atoms with Crippen LogP contribution in [0.5, 0.6) is 0 Å². The Hall–Kier alpha value is -3.98. The minimum absolute atomic E-state index is 0.0248. The molecule has 4 rings (SSSR count). The van der Waals surface area contributed by atoms with E-state index in [9.17, 15) is 13.2 Å². The quantitative estimate of drug-likeness (QED) is 0.484. The van der Waals surface area contributed by atoms with Crippen molar-refractivity contribution < 1.29 is 22.7 Å². The number of aromatic carboxylic acids is 1. The van der Waals surface area contributed by atoms with Crippen LogP contribution in [0.1, 0.15) is 10.4 Å². The van der Waals surface area contributed by atoms with Crippen molar-refractivity contribution in [3.05, 3.63) is 84.4 Å². The van der Waals surface area contributed by atoms with Crippen molar-refractivity contribution in [2.24, 2.45) is 0 Å². The molecule has 0 aliphatic rings. The van der Waals surface area contributed by atoms with Crippen LogP contribution in [-0.4, -0.2) is 29.7 Å². The Morgan fingerprint density at radius 3 is 2.23 bits per heavy atom. The molecule has 0 saturated carbocycles. The summed E-state index contributed by atoms with van der Waals surface area (Å²) in [6.07, 6.45) is 0. The first kappa shape index (κ1) is 19.3. The molecule has 9 heteroatoms. The lowest BCUT2D eigenvalue weighted by atomic mass is 10.2. The number of benzene rings is 3. The van der Waals surface area contributed by atoms with Crippen molar-refractivity contribution in [3.63, 3.8) is 0 Å². The molecule has 4 aromatic rings. The summed E-state index contributed by atoms with van der Waals surface area (Å²) < 4.78 is 33.6. The summed E-state index contributed by atoms with van der Waals surface area (Å²) in [6.45, 7) is 0. The summed E-state index contributed by atoms with van der Waals surface area (Å²) in [5, 5.41) is 17.1. The maximum Gasteiger partial charge on any atom is 0.335 e. The van der Waals surface area contributed by atoms with Crippen LogP contribution in [0.2, 0.25) is 0 Å². The van der Waals surface area contributed by atoms with Gasteiger partial charge in [-0.15, -0.1) is 10.2 Å². The Kier molecular flexibility index (Phi) is 5.03. The van der Waals surface area contributed by atoms with E-state index in [2.05, 4.69) is 14.9 Å². The Balaban J connectivity index is 1.62. The van der Waals surface area contributed by atoms with Gasteiger partial charge < -0.3 is 9.52 Å². The van der Waals surface area contributed by atoms with E-state index in [1.54, 1.807) is 12.1 Å². The lowest BCUT2D eigenvalue weighted by Crippen LogP contribution is -2.13. The molecule has 3 aromatic carbocycles. The molecule has 30 heavy (non-hydrogen) atoms. The average Bonchev–Trinajstić information content (AvgIpc) is 3.25. The molecule has 0 amide bonds. The van der Waals surface area contributed by atoms with Crippen molar-refractivity contribution in [2.45, 2.75) is 4.90 Å². The van der Waals surface area contributed by atoms with Crippen molar-refractivity contribution in [3.8, 4) is 22.9 Å². The Bertz CT molecular complexity index is 1320. The lowest BCUT2D eigenvalue weighted by Gasteiger charge is -2.09. The number of rotatable bonds is 6. The SMILES string of the molecule is O=C(O)c1cccc(NS(=O)(=O)c2cccc(-c3nnc(-c4ccccc4)o3)c2)c1. The number of sulfonamides is 1. The van der Waals surface area contributed by atoms with Crippen LogP contribution in [0.3, 0.4) is 0 Å². The van der Waals surface area contributed by atoms with Gasteiger partial charge in [-0.05, 0) is 48.5 Å². The van der Waals surface area contributed by atoms with Gasteiger partial charge in [-0.2, -0.15) is 0 Å². The van der Waals surface area contributed by atoms with Gasteiger partial charge in [-0.3, -0.25) is 4.72 Å². The van der Waals surface area contributed by atoms with Crippen molar-refractivity contribution in [1.82, 2.24) is 10.2 Å². The van der Waals surface area contributed by atoms with E-state index < -0.39 is 16.0 Å². The zero-order chi connectivity index (χ0) is 21.1. The molecule has 150 valence electrons. The summed E-state index contributed by atoms with van der Waals surface area (Å²) in [6, 6.07) is 20.8. The van der Waals surface area contributed by atoms with Gasteiger partial charge in [0.25, 0.3) is 10.0 Å². The number of nitrogens with one attached hydrogen (secondary N) is 1. The van der Waals surface area contributed by atoms with E-state index in [0.717, 1.165) is 5.56 Å². The molecule has 0 unspecified atom stereocenters. The summed E-state index contributed by atoms with van der Waals surface area (Å²) >= 11 is 0. The highest BCUT2D eigenvalue weighted by Gasteiger charge is 2.18. The standard InChI is InChI=1S/C21H15N3O5S/c25-21(26)16-9-4-10-17(12-16)24-30(27,28)18-11-5-8-15(13-18)20-23-22-19(29-20)14-6-2-1-3-7-14/h1-13,24H,(H,25,26). The number of anilines is 1. The van der Waals surface area contributed by atoms with Gasteiger partial charge in [0.2, 0.25) is 11.8 Å². The largest absolute Gasteiger partial charge is 0.478 e. The van der Waals surface area contributed by atoms with E-state index in [4.69, 9.17) is 9.52 Å². The molecule has 0 aliphatic heterocycles. The maximum absolute atomic E-state index is 12.8. The average molecular weight is 421 g/mol. The topological polar surface area (TPSA) is 122 Å². The van der Waals surface area contributed by atoms with Crippen molar-refractivity contribution in [2.75, 3.05) is 4.72 Å². The van der Waals surface area contributed by atoms with Gasteiger partial charge in [0.05, 0.1) is 10.5 Å². The third-order valence-corrected chi connectivity index (χ3v) is 5.58. The number of nitrogens with zero attached hydrogens (tertiary/aromatic N) is 2. The highest BCUT2D eigenvalue weighted by atomic mass is 32.2. The van der Waals surface area contributed by atoms with Gasteiger partial charge in [0, 0.05) is 16.8 Å². The maximum atomic E-state index is 12.8. The minimum atomic E-state index is -3.96. The predicted octanol–water partition coefficient (Wildman–Crippen LogP) is 3.90. The molecule has 0 spiro atoms.